The lowest BCUT2D eigenvalue weighted by Crippen LogP contribution is -2.22. The molecule has 2 rings (SSSR count). The summed E-state index contributed by atoms with van der Waals surface area (Å²) in [5, 5.41) is 10.7. The summed E-state index contributed by atoms with van der Waals surface area (Å²) in [6.07, 6.45) is 3.79. The Labute approximate surface area is 115 Å². The highest BCUT2D eigenvalue weighted by atomic mass is 16.6. The van der Waals surface area contributed by atoms with Gasteiger partial charge >= 0.3 is 5.95 Å². The van der Waals surface area contributed by atoms with Gasteiger partial charge in [0.2, 0.25) is 0 Å². The first kappa shape index (κ1) is 13.7. The zero-order valence-electron chi connectivity index (χ0n) is 11.0. The standard InChI is InChI=1S/C13H14N4O3/c1-15(12-4-2-11(10-18)3-5-12)8-9-16-7-6-14-13(16)17(19)20/h2-7,10H,8-9H2,1H3. The van der Waals surface area contributed by atoms with Crippen molar-refractivity contribution in [1.82, 2.24) is 9.55 Å². The monoisotopic (exact) mass is 274 g/mol. The predicted molar refractivity (Wildman–Crippen MR) is 74.0 cm³/mol. The molecule has 0 aliphatic carbocycles. The van der Waals surface area contributed by atoms with Gasteiger partial charge in [0.15, 0.2) is 0 Å². The highest BCUT2D eigenvalue weighted by Gasteiger charge is 2.14. The van der Waals surface area contributed by atoms with E-state index in [1.165, 1.54) is 10.8 Å². The van der Waals surface area contributed by atoms with Crippen LogP contribution in [0.2, 0.25) is 0 Å². The van der Waals surface area contributed by atoms with E-state index in [0.717, 1.165) is 12.0 Å². The number of rotatable bonds is 6. The number of likely N-dealkylation sites (N-methyl/N-ethyl adjacent to an activating group) is 1. The number of aldehydes is 1. The summed E-state index contributed by atoms with van der Waals surface area (Å²) < 4.78 is 1.50. The van der Waals surface area contributed by atoms with Crippen LogP contribution in [-0.2, 0) is 6.54 Å². The fraction of sp³-hybridized carbons (Fsp3) is 0.231. The van der Waals surface area contributed by atoms with Crippen LogP contribution in [0.3, 0.4) is 0 Å². The fourth-order valence-corrected chi connectivity index (χ4v) is 1.84. The third-order valence-electron chi connectivity index (χ3n) is 3.00. The smallest absolute Gasteiger partial charge is 0.390 e. The first-order valence-corrected chi connectivity index (χ1v) is 6.03. The number of aromatic nitrogens is 2. The van der Waals surface area contributed by atoms with Gasteiger partial charge in [0.25, 0.3) is 0 Å². The molecule has 2 aromatic rings. The van der Waals surface area contributed by atoms with Crippen LogP contribution in [0.15, 0.2) is 36.7 Å². The summed E-state index contributed by atoms with van der Waals surface area (Å²) in [4.78, 5) is 26.5. The van der Waals surface area contributed by atoms with Crippen molar-refractivity contribution in [3.05, 3.63) is 52.3 Å². The van der Waals surface area contributed by atoms with E-state index < -0.39 is 4.92 Å². The number of carbonyl (C=O) groups is 1. The summed E-state index contributed by atoms with van der Waals surface area (Å²) >= 11 is 0. The van der Waals surface area contributed by atoms with Gasteiger partial charge in [-0.15, -0.1) is 0 Å². The highest BCUT2D eigenvalue weighted by molar-refractivity contribution is 5.75. The van der Waals surface area contributed by atoms with Crippen molar-refractivity contribution in [2.45, 2.75) is 6.54 Å². The van der Waals surface area contributed by atoms with Crippen molar-refractivity contribution in [2.75, 3.05) is 18.5 Å². The summed E-state index contributed by atoms with van der Waals surface area (Å²) in [5.74, 6) is -0.158. The van der Waals surface area contributed by atoms with Crippen molar-refractivity contribution in [3.8, 4) is 0 Å². The van der Waals surface area contributed by atoms with E-state index in [0.29, 0.717) is 18.7 Å². The fourth-order valence-electron chi connectivity index (χ4n) is 1.84. The third kappa shape index (κ3) is 3.00. The second kappa shape index (κ2) is 5.96. The Morgan fingerprint density at radius 2 is 2.10 bits per heavy atom. The molecule has 20 heavy (non-hydrogen) atoms. The van der Waals surface area contributed by atoms with Gasteiger partial charge in [-0.05, 0) is 29.2 Å². The second-order valence-corrected chi connectivity index (χ2v) is 4.31. The average Bonchev–Trinajstić information content (AvgIpc) is 2.93. The van der Waals surface area contributed by atoms with Crippen LogP contribution in [0, 0.1) is 10.1 Å². The maximum absolute atomic E-state index is 10.7. The van der Waals surface area contributed by atoms with Crippen LogP contribution in [0.5, 0.6) is 0 Å². The number of hydrogen-bond donors (Lipinski definition) is 0. The van der Waals surface area contributed by atoms with Crippen LogP contribution in [0.1, 0.15) is 10.4 Å². The number of carbonyl (C=O) groups excluding carboxylic acids is 1. The minimum atomic E-state index is -0.501. The molecule has 0 aliphatic heterocycles. The van der Waals surface area contributed by atoms with Gasteiger partial charge in [0.1, 0.15) is 18.7 Å². The zero-order chi connectivity index (χ0) is 14.5. The van der Waals surface area contributed by atoms with Crippen LogP contribution in [-0.4, -0.2) is 34.4 Å². The molecule has 7 nitrogen and oxygen atoms in total. The molecular weight excluding hydrogens is 260 g/mol. The Kier molecular flexibility index (Phi) is 4.09. The first-order valence-electron chi connectivity index (χ1n) is 6.03. The van der Waals surface area contributed by atoms with E-state index in [9.17, 15) is 14.9 Å². The average molecular weight is 274 g/mol. The van der Waals surface area contributed by atoms with Crippen LogP contribution >= 0.6 is 0 Å². The van der Waals surface area contributed by atoms with E-state index in [-0.39, 0.29) is 5.95 Å². The summed E-state index contributed by atoms with van der Waals surface area (Å²) in [5.41, 5.74) is 1.56. The molecule has 0 spiro atoms. The molecule has 1 heterocycles. The molecule has 0 radical (unpaired) electrons. The number of hydrogen-bond acceptors (Lipinski definition) is 5. The zero-order valence-corrected chi connectivity index (χ0v) is 11.0. The van der Waals surface area contributed by atoms with E-state index in [4.69, 9.17) is 0 Å². The maximum atomic E-state index is 10.7. The number of nitro groups is 1. The number of anilines is 1. The van der Waals surface area contributed by atoms with Crippen LogP contribution in [0.4, 0.5) is 11.6 Å². The van der Waals surface area contributed by atoms with Crippen molar-refractivity contribution < 1.29 is 9.72 Å². The van der Waals surface area contributed by atoms with Crippen molar-refractivity contribution in [1.29, 1.82) is 0 Å². The SMILES string of the molecule is CN(CCn1ccnc1[N+](=O)[O-])c1ccc(C=O)cc1. The Hall–Kier alpha value is -2.70. The molecule has 0 saturated carbocycles. The van der Waals surface area contributed by atoms with Gasteiger partial charge in [-0.25, -0.2) is 4.57 Å². The van der Waals surface area contributed by atoms with Crippen LogP contribution in [0.25, 0.3) is 0 Å². The number of benzene rings is 1. The quantitative estimate of drug-likeness (QED) is 0.455. The molecule has 104 valence electrons. The van der Waals surface area contributed by atoms with Crippen molar-refractivity contribution >= 4 is 17.9 Å². The Morgan fingerprint density at radius 1 is 1.40 bits per heavy atom. The normalized spacial score (nSPS) is 10.2. The first-order chi connectivity index (χ1) is 9.61. The topological polar surface area (TPSA) is 81.3 Å². The van der Waals surface area contributed by atoms with Crippen molar-refractivity contribution in [2.24, 2.45) is 0 Å². The maximum Gasteiger partial charge on any atom is 0.434 e. The molecule has 0 fully saturated rings. The molecule has 0 saturated heterocycles. The third-order valence-corrected chi connectivity index (χ3v) is 3.00. The summed E-state index contributed by atoms with van der Waals surface area (Å²) in [7, 11) is 1.89. The van der Waals surface area contributed by atoms with Crippen molar-refractivity contribution in [3.63, 3.8) is 0 Å². The minimum Gasteiger partial charge on any atom is -0.390 e. The van der Waals surface area contributed by atoms with Gasteiger partial charge < -0.3 is 15.0 Å². The molecule has 7 heteroatoms. The summed E-state index contributed by atoms with van der Waals surface area (Å²) in [6, 6.07) is 7.15. The van der Waals surface area contributed by atoms with E-state index in [1.807, 2.05) is 24.1 Å². The highest BCUT2D eigenvalue weighted by Crippen LogP contribution is 2.14. The van der Waals surface area contributed by atoms with E-state index >= 15 is 0 Å². The lowest BCUT2D eigenvalue weighted by Gasteiger charge is -2.18. The molecule has 0 aliphatic rings. The van der Waals surface area contributed by atoms with Gasteiger partial charge in [0.05, 0.1) is 6.54 Å². The van der Waals surface area contributed by atoms with Gasteiger partial charge in [-0.1, -0.05) is 4.98 Å². The minimum absolute atomic E-state index is 0.158. The molecule has 1 aromatic carbocycles. The Morgan fingerprint density at radius 3 is 2.70 bits per heavy atom. The Balaban J connectivity index is 2.00. The van der Waals surface area contributed by atoms with Crippen LogP contribution < -0.4 is 4.90 Å². The molecule has 0 atom stereocenters. The number of imidazole rings is 1. The molecule has 0 N–H and O–H groups in total. The second-order valence-electron chi connectivity index (χ2n) is 4.31. The summed E-state index contributed by atoms with van der Waals surface area (Å²) in [6.45, 7) is 1.06. The number of nitrogens with zero attached hydrogens (tertiary/aromatic N) is 4. The predicted octanol–water partition coefficient (Wildman–Crippen LogP) is 1.74. The van der Waals surface area contributed by atoms with E-state index in [2.05, 4.69) is 4.98 Å². The molecular formula is C13H14N4O3. The molecule has 1 aromatic heterocycles. The van der Waals surface area contributed by atoms with Gasteiger partial charge in [-0.3, -0.25) is 4.79 Å². The molecule has 0 bridgehead atoms. The largest absolute Gasteiger partial charge is 0.434 e. The molecule has 0 amide bonds. The Bertz CT molecular complexity index is 606. The van der Waals surface area contributed by atoms with Gasteiger partial charge in [-0.2, -0.15) is 0 Å². The lowest BCUT2D eigenvalue weighted by atomic mass is 10.2. The lowest BCUT2D eigenvalue weighted by molar-refractivity contribution is -0.396. The van der Waals surface area contributed by atoms with E-state index in [1.54, 1.807) is 18.3 Å². The molecule has 0 unspecified atom stereocenters. The van der Waals surface area contributed by atoms with Gasteiger partial charge in [0, 0.05) is 24.8 Å².